The maximum absolute atomic E-state index is 11.4. The van der Waals surface area contributed by atoms with Crippen LogP contribution >= 0.6 is 0 Å². The Morgan fingerprint density at radius 1 is 1.12 bits per heavy atom. The lowest BCUT2D eigenvalue weighted by Crippen LogP contribution is -2.24. The molecule has 3 aromatic rings. The molecule has 0 aliphatic heterocycles. The third-order valence-corrected chi connectivity index (χ3v) is 7.38. The molecule has 1 aromatic heterocycles. The summed E-state index contributed by atoms with van der Waals surface area (Å²) in [4.78, 5) is 14.8. The van der Waals surface area contributed by atoms with Crippen molar-refractivity contribution in [2.24, 2.45) is 11.8 Å². The van der Waals surface area contributed by atoms with Crippen LogP contribution in [0.1, 0.15) is 65.1 Å². The number of carbonyl (C=O) groups is 1. The van der Waals surface area contributed by atoms with Crippen LogP contribution in [0.5, 0.6) is 5.75 Å². The van der Waals surface area contributed by atoms with E-state index in [2.05, 4.69) is 24.0 Å². The van der Waals surface area contributed by atoms with Crippen molar-refractivity contribution in [1.29, 1.82) is 0 Å². The van der Waals surface area contributed by atoms with Gasteiger partial charge in [-0.25, -0.2) is 4.79 Å². The van der Waals surface area contributed by atoms with E-state index < -0.39 is 5.97 Å². The van der Waals surface area contributed by atoms with Crippen LogP contribution in [0.25, 0.3) is 10.9 Å². The predicted molar refractivity (Wildman–Crippen MR) is 131 cm³/mol. The molecule has 3 atom stereocenters. The standard InChI is InChI=1S/C28H35NO4/c1-18-14-26(33-3)25(23-12-13-29-27(18)23)16-22-7-5-4-6-19(17-32-2)15-24(22)20-8-10-21(11-9-20)28(30)31/h8-14,19,22,24,29H,4-7,15-17H2,1-3H3,(H,30,31)/t19?,22?,24-/m0/s1. The Labute approximate surface area is 196 Å². The van der Waals surface area contributed by atoms with E-state index in [9.17, 15) is 9.90 Å². The van der Waals surface area contributed by atoms with Crippen LogP contribution in [-0.4, -0.2) is 36.9 Å². The molecule has 5 heteroatoms. The number of methoxy groups -OCH3 is 2. The second kappa shape index (κ2) is 10.4. The molecule has 0 bridgehead atoms. The van der Waals surface area contributed by atoms with Gasteiger partial charge >= 0.3 is 5.97 Å². The van der Waals surface area contributed by atoms with Crippen molar-refractivity contribution in [2.75, 3.05) is 20.8 Å². The van der Waals surface area contributed by atoms with Crippen molar-refractivity contribution in [3.05, 3.63) is 64.8 Å². The summed E-state index contributed by atoms with van der Waals surface area (Å²) in [6.07, 6.45) is 8.74. The SMILES string of the molecule is COCC1CCCCC(Cc2c(OC)cc(C)c3[nH]ccc23)[C@H](c2ccc(C(=O)O)cc2)C1. The largest absolute Gasteiger partial charge is 0.496 e. The Morgan fingerprint density at radius 3 is 2.58 bits per heavy atom. The molecule has 0 amide bonds. The van der Waals surface area contributed by atoms with Gasteiger partial charge in [-0.2, -0.15) is 0 Å². The average molecular weight is 450 g/mol. The molecule has 1 aliphatic carbocycles. The van der Waals surface area contributed by atoms with Gasteiger partial charge in [0.15, 0.2) is 0 Å². The van der Waals surface area contributed by atoms with Crippen LogP contribution in [0.3, 0.4) is 0 Å². The molecular weight excluding hydrogens is 414 g/mol. The summed E-state index contributed by atoms with van der Waals surface area (Å²) in [7, 11) is 3.54. The second-order valence-electron chi connectivity index (χ2n) is 9.48. The predicted octanol–water partition coefficient (Wildman–Crippen LogP) is 6.35. The number of hydrogen-bond acceptors (Lipinski definition) is 3. The molecule has 0 saturated heterocycles. The van der Waals surface area contributed by atoms with Gasteiger partial charge in [0, 0.05) is 36.4 Å². The van der Waals surface area contributed by atoms with Gasteiger partial charge < -0.3 is 19.6 Å². The molecule has 1 fully saturated rings. The molecule has 2 aromatic carbocycles. The van der Waals surface area contributed by atoms with E-state index in [4.69, 9.17) is 9.47 Å². The van der Waals surface area contributed by atoms with Crippen molar-refractivity contribution in [3.63, 3.8) is 0 Å². The highest BCUT2D eigenvalue weighted by atomic mass is 16.5. The van der Waals surface area contributed by atoms with Gasteiger partial charge in [-0.3, -0.25) is 0 Å². The van der Waals surface area contributed by atoms with Gasteiger partial charge in [-0.1, -0.05) is 25.0 Å². The summed E-state index contributed by atoms with van der Waals surface area (Å²) in [6, 6.07) is 11.8. The third kappa shape index (κ3) is 5.09. The quantitative estimate of drug-likeness (QED) is 0.441. The van der Waals surface area contributed by atoms with Gasteiger partial charge in [0.05, 0.1) is 12.7 Å². The van der Waals surface area contributed by atoms with Gasteiger partial charge in [-0.15, -0.1) is 0 Å². The maximum atomic E-state index is 11.4. The van der Waals surface area contributed by atoms with Crippen LogP contribution < -0.4 is 4.74 Å². The number of carboxylic acid groups (broad SMARTS) is 1. The number of ether oxygens (including phenoxy) is 2. The Morgan fingerprint density at radius 2 is 1.88 bits per heavy atom. The van der Waals surface area contributed by atoms with Crippen LogP contribution in [0.15, 0.2) is 42.6 Å². The van der Waals surface area contributed by atoms with Crippen LogP contribution in [0, 0.1) is 18.8 Å². The summed E-state index contributed by atoms with van der Waals surface area (Å²) in [5, 5.41) is 10.6. The van der Waals surface area contributed by atoms with Crippen LogP contribution in [0.4, 0.5) is 0 Å². The number of aryl methyl sites for hydroxylation is 1. The molecule has 0 radical (unpaired) electrons. The number of nitrogens with one attached hydrogen (secondary N) is 1. The zero-order chi connectivity index (χ0) is 23.4. The Hall–Kier alpha value is -2.79. The van der Waals surface area contributed by atoms with Crippen molar-refractivity contribution in [2.45, 2.75) is 51.4 Å². The molecule has 4 rings (SSSR count). The molecular formula is C28H35NO4. The average Bonchev–Trinajstić information content (AvgIpc) is 3.30. The second-order valence-corrected chi connectivity index (χ2v) is 9.48. The fourth-order valence-electron chi connectivity index (χ4n) is 5.71. The number of aromatic carboxylic acids is 1. The monoisotopic (exact) mass is 449 g/mol. The highest BCUT2D eigenvalue weighted by molar-refractivity contribution is 5.88. The van der Waals surface area contributed by atoms with Gasteiger partial charge in [0.2, 0.25) is 0 Å². The number of carboxylic acids is 1. The zero-order valence-electron chi connectivity index (χ0n) is 19.9. The molecule has 33 heavy (non-hydrogen) atoms. The van der Waals surface area contributed by atoms with E-state index in [0.717, 1.165) is 31.6 Å². The van der Waals surface area contributed by atoms with E-state index in [-0.39, 0.29) is 0 Å². The third-order valence-electron chi connectivity index (χ3n) is 7.38. The van der Waals surface area contributed by atoms with Crippen molar-refractivity contribution >= 4 is 16.9 Å². The first-order chi connectivity index (χ1) is 16.0. The van der Waals surface area contributed by atoms with E-state index >= 15 is 0 Å². The highest BCUT2D eigenvalue weighted by Crippen LogP contribution is 2.42. The zero-order valence-corrected chi connectivity index (χ0v) is 19.9. The summed E-state index contributed by atoms with van der Waals surface area (Å²) in [5.41, 5.74) is 5.19. The van der Waals surface area contributed by atoms with Crippen molar-refractivity contribution in [3.8, 4) is 5.75 Å². The minimum absolute atomic E-state index is 0.337. The van der Waals surface area contributed by atoms with E-state index in [0.29, 0.717) is 23.3 Å². The number of benzene rings is 2. The maximum Gasteiger partial charge on any atom is 0.335 e. The molecule has 1 aliphatic rings. The van der Waals surface area contributed by atoms with Gasteiger partial charge in [-0.05, 0) is 85.8 Å². The number of fused-ring (bicyclic) bond motifs is 1. The molecule has 176 valence electrons. The Balaban J connectivity index is 1.73. The number of hydrogen-bond donors (Lipinski definition) is 2. The van der Waals surface area contributed by atoms with Crippen molar-refractivity contribution in [1.82, 2.24) is 4.98 Å². The Bertz CT molecular complexity index is 1090. The summed E-state index contributed by atoms with van der Waals surface area (Å²) in [6.45, 7) is 2.88. The number of rotatable bonds is 7. The normalized spacial score (nSPS) is 21.5. The van der Waals surface area contributed by atoms with Crippen LogP contribution in [0.2, 0.25) is 0 Å². The first-order valence-electron chi connectivity index (χ1n) is 12.0. The highest BCUT2D eigenvalue weighted by Gasteiger charge is 2.30. The first-order valence-corrected chi connectivity index (χ1v) is 12.0. The molecule has 2 unspecified atom stereocenters. The lowest BCUT2D eigenvalue weighted by atomic mass is 9.72. The lowest BCUT2D eigenvalue weighted by molar-refractivity contribution is 0.0697. The number of aromatic nitrogens is 1. The van der Waals surface area contributed by atoms with E-state index in [1.807, 2.05) is 18.3 Å². The molecule has 1 heterocycles. The topological polar surface area (TPSA) is 71.5 Å². The van der Waals surface area contributed by atoms with Gasteiger partial charge in [0.1, 0.15) is 5.75 Å². The minimum Gasteiger partial charge on any atom is -0.496 e. The van der Waals surface area contributed by atoms with Gasteiger partial charge in [0.25, 0.3) is 0 Å². The lowest BCUT2D eigenvalue weighted by Gasteiger charge is -2.34. The van der Waals surface area contributed by atoms with Crippen LogP contribution in [-0.2, 0) is 11.2 Å². The number of H-pyrrole nitrogens is 1. The van der Waals surface area contributed by atoms with Crippen molar-refractivity contribution < 1.29 is 19.4 Å². The Kier molecular flexibility index (Phi) is 7.39. The summed E-state index contributed by atoms with van der Waals surface area (Å²) < 4.78 is 11.4. The van der Waals surface area contributed by atoms with E-state index in [1.165, 1.54) is 46.9 Å². The molecule has 5 nitrogen and oxygen atoms in total. The van der Waals surface area contributed by atoms with E-state index in [1.54, 1.807) is 26.4 Å². The molecule has 0 spiro atoms. The number of aromatic amines is 1. The summed E-state index contributed by atoms with van der Waals surface area (Å²) >= 11 is 0. The molecule has 2 N–H and O–H groups in total. The fourth-order valence-corrected chi connectivity index (χ4v) is 5.71. The molecule has 1 saturated carbocycles. The fraction of sp³-hybridized carbons (Fsp3) is 0.464. The minimum atomic E-state index is -0.882. The smallest absolute Gasteiger partial charge is 0.335 e. The first kappa shape index (κ1) is 23.4. The summed E-state index contributed by atoms with van der Waals surface area (Å²) in [5.74, 6) is 1.36.